The summed E-state index contributed by atoms with van der Waals surface area (Å²) in [5.41, 5.74) is 5.55. The molecular formula is C16H24ClN3O. The zero-order chi connectivity index (χ0) is 15.1. The van der Waals surface area contributed by atoms with Crippen LogP contribution in [-0.2, 0) is 6.54 Å². The average Bonchev–Trinajstić information content (AvgIpc) is 3.32. The van der Waals surface area contributed by atoms with Gasteiger partial charge in [0.2, 0.25) is 0 Å². The number of aromatic nitrogens is 1. The molecule has 5 heteroatoms. The van der Waals surface area contributed by atoms with Crippen molar-refractivity contribution >= 4 is 17.6 Å². The molecule has 0 atom stereocenters. The summed E-state index contributed by atoms with van der Waals surface area (Å²) < 4.78 is 0. The molecular weight excluding hydrogens is 286 g/mol. The Kier molecular flexibility index (Phi) is 6.30. The van der Waals surface area contributed by atoms with Crippen LogP contribution in [-0.4, -0.2) is 11.0 Å². The second-order valence-corrected chi connectivity index (χ2v) is 6.29. The Morgan fingerprint density at radius 1 is 1.19 bits per heavy atom. The van der Waals surface area contributed by atoms with Gasteiger partial charge < -0.3 is 11.1 Å². The van der Waals surface area contributed by atoms with Crippen LogP contribution in [0.1, 0.15) is 50.6 Å². The van der Waals surface area contributed by atoms with E-state index >= 15 is 0 Å². The topological polar surface area (TPSA) is 68.0 Å². The van der Waals surface area contributed by atoms with Gasteiger partial charge in [0.05, 0.1) is 12.2 Å². The Balaban J connectivity index is 0.000000159. The highest BCUT2D eigenvalue weighted by atomic mass is 35.5. The Morgan fingerprint density at radius 2 is 1.86 bits per heavy atom. The number of hydrogen-bond acceptors (Lipinski definition) is 2. The molecule has 2 saturated carbocycles. The molecule has 0 saturated heterocycles. The third kappa shape index (κ3) is 6.34. The maximum absolute atomic E-state index is 10.3. The highest BCUT2D eigenvalue weighted by Gasteiger charge is 2.31. The summed E-state index contributed by atoms with van der Waals surface area (Å²) in [4.78, 5) is 14.2. The van der Waals surface area contributed by atoms with Gasteiger partial charge in [-0.25, -0.2) is 9.78 Å². The molecule has 2 fully saturated rings. The minimum atomic E-state index is -0.572. The van der Waals surface area contributed by atoms with E-state index < -0.39 is 6.03 Å². The van der Waals surface area contributed by atoms with Crippen molar-refractivity contribution in [1.82, 2.24) is 10.3 Å². The first kappa shape index (κ1) is 16.1. The molecule has 0 aliphatic heterocycles. The van der Waals surface area contributed by atoms with Crippen molar-refractivity contribution in [2.24, 2.45) is 17.6 Å². The second-order valence-electron chi connectivity index (χ2n) is 5.90. The summed E-state index contributed by atoms with van der Waals surface area (Å²) in [5.74, 6) is 2.35. The lowest BCUT2D eigenvalue weighted by Gasteiger charge is -2.20. The Morgan fingerprint density at radius 3 is 2.43 bits per heavy atom. The molecule has 0 bridgehead atoms. The zero-order valence-electron chi connectivity index (χ0n) is 12.4. The number of primary amides is 1. The summed E-state index contributed by atoms with van der Waals surface area (Å²) in [6.45, 7) is 0.301. The first-order valence-corrected chi connectivity index (χ1v) is 8.17. The van der Waals surface area contributed by atoms with Crippen molar-refractivity contribution in [3.05, 3.63) is 29.0 Å². The summed E-state index contributed by atoms with van der Waals surface area (Å²) in [5, 5.41) is 2.81. The number of nitrogens with one attached hydrogen (secondary N) is 1. The van der Waals surface area contributed by atoms with E-state index in [1.54, 1.807) is 43.9 Å². The predicted molar refractivity (Wildman–Crippen MR) is 85.0 cm³/mol. The normalized spacial score (nSPS) is 18.5. The van der Waals surface area contributed by atoms with Crippen LogP contribution >= 0.6 is 11.6 Å². The molecule has 0 spiro atoms. The van der Waals surface area contributed by atoms with Gasteiger partial charge in [-0.15, -0.1) is 0 Å². The molecule has 0 unspecified atom stereocenters. The Bertz CT molecular complexity index is 457. The average molecular weight is 310 g/mol. The lowest BCUT2D eigenvalue weighted by atomic mass is 9.86. The van der Waals surface area contributed by atoms with Crippen molar-refractivity contribution in [2.75, 3.05) is 0 Å². The largest absolute Gasteiger partial charge is 0.352 e. The van der Waals surface area contributed by atoms with E-state index in [4.69, 9.17) is 17.3 Å². The van der Waals surface area contributed by atoms with E-state index in [1.165, 1.54) is 31.1 Å². The first-order valence-electron chi connectivity index (χ1n) is 7.80. The van der Waals surface area contributed by atoms with E-state index in [2.05, 4.69) is 10.3 Å². The number of nitrogens with two attached hydrogens (primary N) is 1. The monoisotopic (exact) mass is 309 g/mol. The fourth-order valence-corrected chi connectivity index (χ4v) is 3.08. The summed E-state index contributed by atoms with van der Waals surface area (Å²) >= 11 is 5.61. The van der Waals surface area contributed by atoms with E-state index in [0.717, 1.165) is 0 Å². The number of halogens is 1. The van der Waals surface area contributed by atoms with Crippen molar-refractivity contribution in [3.8, 4) is 0 Å². The quantitative estimate of drug-likeness (QED) is 0.832. The number of carbonyl (C=O) groups is 1. The number of nitrogens with zero attached hydrogens (tertiary/aromatic N) is 1. The number of carbonyl (C=O) groups excluding carboxylic acids is 1. The maximum Gasteiger partial charge on any atom is 0.312 e. The van der Waals surface area contributed by atoms with Crippen molar-refractivity contribution < 1.29 is 4.79 Å². The fraction of sp³-hybridized carbons (Fsp3) is 0.625. The molecule has 4 nitrogen and oxygen atoms in total. The van der Waals surface area contributed by atoms with Gasteiger partial charge in [-0.05, 0) is 36.8 Å². The van der Waals surface area contributed by atoms with Crippen LogP contribution < -0.4 is 11.1 Å². The van der Waals surface area contributed by atoms with Crippen molar-refractivity contribution in [2.45, 2.75) is 51.5 Å². The molecule has 3 N–H and O–H groups in total. The molecule has 2 aliphatic rings. The SMILES string of the molecule is C1CCC(C2CC2)CC1.NC(=O)NCc1cccc(Cl)n1. The third-order valence-corrected chi connectivity index (χ3v) is 4.37. The second kappa shape index (κ2) is 8.23. The smallest absolute Gasteiger partial charge is 0.312 e. The van der Waals surface area contributed by atoms with Gasteiger partial charge in [-0.2, -0.15) is 0 Å². The minimum Gasteiger partial charge on any atom is -0.352 e. The molecule has 1 aromatic heterocycles. The van der Waals surface area contributed by atoms with Crippen LogP contribution in [0, 0.1) is 11.8 Å². The van der Waals surface area contributed by atoms with Gasteiger partial charge in [0.1, 0.15) is 5.15 Å². The van der Waals surface area contributed by atoms with E-state index in [9.17, 15) is 4.79 Å². The van der Waals surface area contributed by atoms with Gasteiger partial charge >= 0.3 is 6.03 Å². The van der Waals surface area contributed by atoms with Gasteiger partial charge in [-0.1, -0.05) is 49.8 Å². The maximum atomic E-state index is 10.3. The molecule has 116 valence electrons. The molecule has 3 rings (SSSR count). The van der Waals surface area contributed by atoms with Crippen LogP contribution in [0.2, 0.25) is 5.15 Å². The van der Waals surface area contributed by atoms with E-state index in [0.29, 0.717) is 17.4 Å². The van der Waals surface area contributed by atoms with Gasteiger partial charge in [0, 0.05) is 0 Å². The van der Waals surface area contributed by atoms with Crippen LogP contribution in [0.3, 0.4) is 0 Å². The zero-order valence-corrected chi connectivity index (χ0v) is 13.1. The molecule has 1 aromatic rings. The van der Waals surface area contributed by atoms with Crippen LogP contribution in [0.5, 0.6) is 0 Å². The van der Waals surface area contributed by atoms with Crippen LogP contribution in [0.4, 0.5) is 4.79 Å². The lowest BCUT2D eigenvalue weighted by Crippen LogP contribution is -2.28. The molecule has 0 radical (unpaired) electrons. The number of pyridine rings is 1. The Hall–Kier alpha value is -1.29. The van der Waals surface area contributed by atoms with Gasteiger partial charge in [-0.3, -0.25) is 0 Å². The number of amides is 2. The first-order chi connectivity index (χ1) is 10.1. The van der Waals surface area contributed by atoms with E-state index in [-0.39, 0.29) is 0 Å². The summed E-state index contributed by atoms with van der Waals surface area (Å²) in [6, 6.07) is 4.60. The van der Waals surface area contributed by atoms with Crippen LogP contribution in [0.25, 0.3) is 0 Å². The minimum absolute atomic E-state index is 0.301. The molecule has 2 aliphatic carbocycles. The highest BCUT2D eigenvalue weighted by molar-refractivity contribution is 6.29. The molecule has 1 heterocycles. The Labute approximate surface area is 131 Å². The molecule has 2 amide bonds. The van der Waals surface area contributed by atoms with Crippen LogP contribution in [0.15, 0.2) is 18.2 Å². The standard InChI is InChI=1S/C9H16.C7H8ClN3O/c1-2-4-8(5-3-1)9-6-7-9;8-6-3-1-2-5(11-6)4-10-7(9)12/h8-9H,1-7H2;1-3H,4H2,(H3,9,10,12). The van der Waals surface area contributed by atoms with Crippen molar-refractivity contribution in [3.63, 3.8) is 0 Å². The number of rotatable bonds is 3. The van der Waals surface area contributed by atoms with E-state index in [1.807, 2.05) is 0 Å². The number of urea groups is 1. The summed E-state index contributed by atoms with van der Waals surface area (Å²) in [7, 11) is 0. The third-order valence-electron chi connectivity index (χ3n) is 4.16. The van der Waals surface area contributed by atoms with Crippen molar-refractivity contribution in [1.29, 1.82) is 0 Å². The fourth-order valence-electron chi connectivity index (χ4n) is 2.90. The van der Waals surface area contributed by atoms with Gasteiger partial charge in [0.15, 0.2) is 0 Å². The number of hydrogen-bond donors (Lipinski definition) is 2. The lowest BCUT2D eigenvalue weighted by molar-refractivity contribution is 0.248. The van der Waals surface area contributed by atoms with Gasteiger partial charge in [0.25, 0.3) is 0 Å². The summed E-state index contributed by atoms with van der Waals surface area (Å²) in [6.07, 6.45) is 10.8. The predicted octanol–water partition coefficient (Wildman–Crippen LogP) is 3.88. The molecule has 0 aromatic carbocycles. The molecule has 21 heavy (non-hydrogen) atoms. The highest BCUT2D eigenvalue weighted by Crippen LogP contribution is 2.43.